The highest BCUT2D eigenvalue weighted by Crippen LogP contribution is 2.37. The van der Waals surface area contributed by atoms with Gasteiger partial charge in [-0.15, -0.1) is 0 Å². The molecule has 1 saturated carbocycles. The number of halogens is 1. The third-order valence-corrected chi connectivity index (χ3v) is 4.42. The Kier molecular flexibility index (Phi) is 3.84. The van der Waals surface area contributed by atoms with Gasteiger partial charge in [-0.1, -0.05) is 13.8 Å². The summed E-state index contributed by atoms with van der Waals surface area (Å²) < 4.78 is 0.756. The molecule has 18 heavy (non-hydrogen) atoms. The Morgan fingerprint density at radius 2 is 2.22 bits per heavy atom. The van der Waals surface area contributed by atoms with E-state index >= 15 is 0 Å². The lowest BCUT2D eigenvalue weighted by Gasteiger charge is -2.18. The molecule has 1 amide bonds. The fourth-order valence-corrected chi connectivity index (χ4v) is 2.82. The molecule has 1 aliphatic rings. The smallest absolute Gasteiger partial charge is 0.251 e. The van der Waals surface area contributed by atoms with E-state index in [1.165, 1.54) is 6.07 Å². The van der Waals surface area contributed by atoms with Crippen molar-refractivity contribution >= 4 is 28.5 Å². The number of aromatic hydroxyl groups is 1. The molecule has 1 atom stereocenters. The van der Waals surface area contributed by atoms with Crippen LogP contribution in [0.1, 0.15) is 43.5 Å². The van der Waals surface area contributed by atoms with Crippen LogP contribution < -0.4 is 5.32 Å². The van der Waals surface area contributed by atoms with Crippen LogP contribution >= 0.6 is 22.6 Å². The Hall–Kier alpha value is -0.780. The molecule has 1 aromatic carbocycles. The molecule has 2 rings (SSSR count). The fourth-order valence-electron chi connectivity index (χ4n) is 2.48. The summed E-state index contributed by atoms with van der Waals surface area (Å²) in [7, 11) is 0. The van der Waals surface area contributed by atoms with E-state index in [0.29, 0.717) is 11.0 Å². The van der Waals surface area contributed by atoms with Gasteiger partial charge in [0.25, 0.3) is 5.91 Å². The first-order valence-electron chi connectivity index (χ1n) is 6.17. The molecule has 0 radical (unpaired) electrons. The zero-order chi connectivity index (χ0) is 13.3. The first kappa shape index (κ1) is 13.6. The maximum atomic E-state index is 12.1. The Labute approximate surface area is 121 Å². The van der Waals surface area contributed by atoms with E-state index in [1.54, 1.807) is 12.1 Å². The van der Waals surface area contributed by atoms with Crippen molar-refractivity contribution in [3.8, 4) is 5.75 Å². The Bertz CT molecular complexity index is 471. The van der Waals surface area contributed by atoms with Crippen molar-refractivity contribution in [1.82, 2.24) is 5.32 Å². The second kappa shape index (κ2) is 5.07. The molecule has 0 saturated heterocycles. The minimum Gasteiger partial charge on any atom is -0.507 e. The van der Waals surface area contributed by atoms with Gasteiger partial charge < -0.3 is 10.4 Å². The Balaban J connectivity index is 2.02. The summed E-state index contributed by atoms with van der Waals surface area (Å²) >= 11 is 2.04. The standard InChI is InChI=1S/C14H18INO2/c1-14(2)6-5-10(8-14)16-13(18)9-3-4-11(15)12(17)7-9/h3-4,7,10,17H,5-6,8H2,1-2H3,(H,16,18). The third-order valence-electron chi connectivity index (χ3n) is 3.51. The molecule has 4 heteroatoms. The van der Waals surface area contributed by atoms with Gasteiger partial charge in [0.05, 0.1) is 3.57 Å². The van der Waals surface area contributed by atoms with Crippen molar-refractivity contribution < 1.29 is 9.90 Å². The molecule has 1 unspecified atom stereocenters. The predicted molar refractivity (Wildman–Crippen MR) is 79.7 cm³/mol. The van der Waals surface area contributed by atoms with E-state index in [9.17, 15) is 9.90 Å². The number of carbonyl (C=O) groups is 1. The summed E-state index contributed by atoms with van der Waals surface area (Å²) in [4.78, 5) is 12.1. The SMILES string of the molecule is CC1(C)CCC(NC(=O)c2ccc(I)c(O)c2)C1. The maximum absolute atomic E-state index is 12.1. The molecule has 98 valence electrons. The molecule has 0 aliphatic heterocycles. The molecule has 0 bridgehead atoms. The van der Waals surface area contributed by atoms with Crippen molar-refractivity contribution in [1.29, 1.82) is 0 Å². The zero-order valence-electron chi connectivity index (χ0n) is 10.7. The van der Waals surface area contributed by atoms with Crippen LogP contribution in [-0.4, -0.2) is 17.1 Å². The van der Waals surface area contributed by atoms with Crippen molar-refractivity contribution in [3.05, 3.63) is 27.3 Å². The number of amides is 1. The van der Waals surface area contributed by atoms with E-state index in [1.807, 2.05) is 22.6 Å². The first-order chi connectivity index (χ1) is 8.37. The van der Waals surface area contributed by atoms with Gasteiger partial charge in [-0.2, -0.15) is 0 Å². The molecular weight excluding hydrogens is 341 g/mol. The lowest BCUT2D eigenvalue weighted by atomic mass is 9.92. The van der Waals surface area contributed by atoms with Gasteiger partial charge in [-0.3, -0.25) is 4.79 Å². The number of rotatable bonds is 2. The number of benzene rings is 1. The third kappa shape index (κ3) is 3.16. The molecule has 0 heterocycles. The van der Waals surface area contributed by atoms with E-state index in [4.69, 9.17) is 0 Å². The van der Waals surface area contributed by atoms with Crippen LogP contribution in [0.15, 0.2) is 18.2 Å². The molecule has 2 N–H and O–H groups in total. The number of hydrogen-bond acceptors (Lipinski definition) is 2. The number of hydrogen-bond donors (Lipinski definition) is 2. The summed E-state index contributed by atoms with van der Waals surface area (Å²) in [6, 6.07) is 5.28. The highest BCUT2D eigenvalue weighted by molar-refractivity contribution is 14.1. The quantitative estimate of drug-likeness (QED) is 0.796. The summed E-state index contributed by atoms with van der Waals surface area (Å²) in [5.74, 6) is 0.0689. The van der Waals surface area contributed by atoms with Crippen molar-refractivity contribution in [2.45, 2.75) is 39.2 Å². The van der Waals surface area contributed by atoms with Crippen LogP contribution in [0.3, 0.4) is 0 Å². The van der Waals surface area contributed by atoms with Crippen LogP contribution in [0.4, 0.5) is 0 Å². The minimum atomic E-state index is -0.0931. The molecule has 1 aliphatic carbocycles. The van der Waals surface area contributed by atoms with Crippen LogP contribution in [0, 0.1) is 8.99 Å². The van der Waals surface area contributed by atoms with Gasteiger partial charge in [0.1, 0.15) is 5.75 Å². The zero-order valence-corrected chi connectivity index (χ0v) is 12.8. The largest absolute Gasteiger partial charge is 0.507 e. The summed E-state index contributed by atoms with van der Waals surface area (Å²) in [6.07, 6.45) is 3.21. The highest BCUT2D eigenvalue weighted by Gasteiger charge is 2.31. The molecule has 1 fully saturated rings. The van der Waals surface area contributed by atoms with Gasteiger partial charge in [0, 0.05) is 11.6 Å². The van der Waals surface area contributed by atoms with E-state index in [-0.39, 0.29) is 17.7 Å². The number of phenols is 1. The molecule has 0 spiro atoms. The lowest BCUT2D eigenvalue weighted by Crippen LogP contribution is -2.33. The van der Waals surface area contributed by atoms with Crippen LogP contribution in [0.25, 0.3) is 0 Å². The van der Waals surface area contributed by atoms with Crippen LogP contribution in [0.2, 0.25) is 0 Å². The number of carbonyl (C=O) groups excluding carboxylic acids is 1. The van der Waals surface area contributed by atoms with E-state index < -0.39 is 0 Å². The minimum absolute atomic E-state index is 0.0931. The van der Waals surface area contributed by atoms with Gasteiger partial charge in [0.15, 0.2) is 0 Å². The second-order valence-electron chi connectivity index (χ2n) is 5.74. The lowest BCUT2D eigenvalue weighted by molar-refractivity contribution is 0.0935. The summed E-state index contributed by atoms with van der Waals surface area (Å²) in [5, 5.41) is 12.7. The summed E-state index contributed by atoms with van der Waals surface area (Å²) in [6.45, 7) is 4.46. The van der Waals surface area contributed by atoms with Gasteiger partial charge >= 0.3 is 0 Å². The van der Waals surface area contributed by atoms with Crippen LogP contribution in [-0.2, 0) is 0 Å². The van der Waals surface area contributed by atoms with Crippen molar-refractivity contribution in [2.24, 2.45) is 5.41 Å². The van der Waals surface area contributed by atoms with E-state index in [0.717, 1.165) is 22.8 Å². The number of phenolic OH excluding ortho intramolecular Hbond substituents is 1. The average molecular weight is 359 g/mol. The van der Waals surface area contributed by atoms with Gasteiger partial charge in [-0.25, -0.2) is 0 Å². The highest BCUT2D eigenvalue weighted by atomic mass is 127. The molecular formula is C14H18INO2. The summed E-state index contributed by atoms with van der Waals surface area (Å²) in [5.41, 5.74) is 0.851. The first-order valence-corrected chi connectivity index (χ1v) is 7.25. The van der Waals surface area contributed by atoms with Crippen molar-refractivity contribution in [3.63, 3.8) is 0 Å². The van der Waals surface area contributed by atoms with E-state index in [2.05, 4.69) is 19.2 Å². The maximum Gasteiger partial charge on any atom is 0.251 e. The number of nitrogens with one attached hydrogen (secondary N) is 1. The van der Waals surface area contributed by atoms with Crippen molar-refractivity contribution in [2.75, 3.05) is 0 Å². The van der Waals surface area contributed by atoms with Gasteiger partial charge in [0.2, 0.25) is 0 Å². The Morgan fingerprint density at radius 3 is 2.78 bits per heavy atom. The Morgan fingerprint density at radius 1 is 1.50 bits per heavy atom. The second-order valence-corrected chi connectivity index (χ2v) is 6.91. The fraction of sp³-hybridized carbons (Fsp3) is 0.500. The predicted octanol–water partition coefficient (Wildman–Crippen LogP) is 3.31. The van der Waals surface area contributed by atoms with Gasteiger partial charge in [-0.05, 0) is 65.5 Å². The monoisotopic (exact) mass is 359 g/mol. The van der Waals surface area contributed by atoms with Crippen LogP contribution in [0.5, 0.6) is 5.75 Å². The topological polar surface area (TPSA) is 49.3 Å². The molecule has 3 nitrogen and oxygen atoms in total. The normalized spacial score (nSPS) is 21.8. The molecule has 0 aromatic heterocycles. The molecule has 1 aromatic rings. The average Bonchev–Trinajstić information content (AvgIpc) is 2.62.